The van der Waals surface area contributed by atoms with E-state index in [1.165, 1.54) is 23.5 Å². The van der Waals surface area contributed by atoms with E-state index >= 15 is 0 Å². The molecule has 0 radical (unpaired) electrons. The summed E-state index contributed by atoms with van der Waals surface area (Å²) >= 11 is 1.41. The number of hydrogen-bond acceptors (Lipinski definition) is 7. The van der Waals surface area contributed by atoms with Gasteiger partial charge in [0.15, 0.2) is 17.2 Å². The fourth-order valence-corrected chi connectivity index (χ4v) is 4.32. The third kappa shape index (κ3) is 4.00. The minimum Gasteiger partial charge on any atom is -0.361 e. The monoisotopic (exact) mass is 424 g/mol. The van der Waals surface area contributed by atoms with Crippen LogP contribution in [-0.4, -0.2) is 39.6 Å². The number of alkyl halides is 3. The van der Waals surface area contributed by atoms with E-state index in [-0.39, 0.29) is 0 Å². The van der Waals surface area contributed by atoms with E-state index in [1.54, 1.807) is 9.80 Å². The highest BCUT2D eigenvalue weighted by molar-refractivity contribution is 7.19. The average Bonchev–Trinajstić information content (AvgIpc) is 3.34. The second-order valence-corrected chi connectivity index (χ2v) is 7.93. The number of thiazole rings is 1. The highest BCUT2D eigenvalue weighted by Gasteiger charge is 2.33. The van der Waals surface area contributed by atoms with Gasteiger partial charge in [-0.05, 0) is 31.5 Å². The molecule has 2 aromatic heterocycles. The normalized spacial score (nSPS) is 18.0. The summed E-state index contributed by atoms with van der Waals surface area (Å²) in [4.78, 5) is 8.97. The SMILES string of the molecule is Cc1cc(-c2sc(N3CCN(Cc4ccc(C(F)(F)F)cc4)C3O)nc2C)on1. The molecule has 1 saturated heterocycles. The molecule has 3 heterocycles. The zero-order valence-electron chi connectivity index (χ0n) is 15.8. The second kappa shape index (κ2) is 7.43. The molecule has 0 amide bonds. The standard InChI is InChI=1S/C19H19F3N4O2S/c1-11-9-15(28-24-11)16-12(2)23-17(29-16)26-8-7-25(18(26)27)10-13-3-5-14(6-4-13)19(20,21)22/h3-6,9,18,27H,7-8,10H2,1-2H3. The Morgan fingerprint density at radius 2 is 1.93 bits per heavy atom. The molecule has 10 heteroatoms. The van der Waals surface area contributed by atoms with Crippen molar-refractivity contribution in [3.63, 3.8) is 0 Å². The van der Waals surface area contributed by atoms with Gasteiger partial charge in [0.25, 0.3) is 0 Å². The number of hydrogen-bond donors (Lipinski definition) is 1. The van der Waals surface area contributed by atoms with Crippen LogP contribution in [0.25, 0.3) is 10.6 Å². The van der Waals surface area contributed by atoms with E-state index in [9.17, 15) is 18.3 Å². The van der Waals surface area contributed by atoms with E-state index in [0.29, 0.717) is 36.1 Å². The lowest BCUT2D eigenvalue weighted by molar-refractivity contribution is -0.137. The molecule has 0 bridgehead atoms. The van der Waals surface area contributed by atoms with Gasteiger partial charge >= 0.3 is 6.18 Å². The highest BCUT2D eigenvalue weighted by Crippen LogP contribution is 2.37. The van der Waals surface area contributed by atoms with Crippen LogP contribution in [0.5, 0.6) is 0 Å². The van der Waals surface area contributed by atoms with Gasteiger partial charge < -0.3 is 14.5 Å². The van der Waals surface area contributed by atoms with Crippen molar-refractivity contribution in [2.75, 3.05) is 18.0 Å². The smallest absolute Gasteiger partial charge is 0.361 e. The van der Waals surface area contributed by atoms with Crippen molar-refractivity contribution in [3.05, 3.63) is 52.8 Å². The number of aromatic nitrogens is 2. The number of nitrogens with zero attached hydrogens (tertiary/aromatic N) is 4. The van der Waals surface area contributed by atoms with Crippen molar-refractivity contribution in [1.29, 1.82) is 0 Å². The molecule has 1 unspecified atom stereocenters. The minimum atomic E-state index is -4.36. The molecule has 0 aliphatic carbocycles. The van der Waals surface area contributed by atoms with Gasteiger partial charge in [-0.1, -0.05) is 28.6 Å². The number of rotatable bonds is 4. The summed E-state index contributed by atoms with van der Waals surface area (Å²) in [5, 5.41) is 15.3. The Balaban J connectivity index is 1.47. The molecule has 4 rings (SSSR count). The van der Waals surface area contributed by atoms with E-state index in [0.717, 1.165) is 28.4 Å². The van der Waals surface area contributed by atoms with E-state index in [4.69, 9.17) is 4.52 Å². The Bertz CT molecular complexity index is 1000. The molecule has 1 aliphatic rings. The van der Waals surface area contributed by atoms with Crippen LogP contribution in [0.4, 0.5) is 18.3 Å². The van der Waals surface area contributed by atoms with Crippen LogP contribution in [-0.2, 0) is 12.7 Å². The Labute approximate surface area is 169 Å². The third-order valence-electron chi connectivity index (χ3n) is 4.78. The van der Waals surface area contributed by atoms with E-state index in [2.05, 4.69) is 10.1 Å². The van der Waals surface area contributed by atoms with Crippen LogP contribution in [0.1, 0.15) is 22.5 Å². The van der Waals surface area contributed by atoms with Crippen LogP contribution < -0.4 is 4.90 Å². The maximum absolute atomic E-state index is 12.7. The molecule has 1 atom stereocenters. The summed E-state index contributed by atoms with van der Waals surface area (Å²) in [5.41, 5.74) is 1.58. The fourth-order valence-electron chi connectivity index (χ4n) is 3.26. The molecule has 0 saturated carbocycles. The number of anilines is 1. The molecule has 1 fully saturated rings. The molecular weight excluding hydrogens is 405 g/mol. The first kappa shape index (κ1) is 19.9. The summed E-state index contributed by atoms with van der Waals surface area (Å²) in [6, 6.07) is 6.84. The molecule has 1 aliphatic heterocycles. The summed E-state index contributed by atoms with van der Waals surface area (Å²) in [6.07, 6.45) is -5.27. The maximum Gasteiger partial charge on any atom is 0.416 e. The molecule has 3 aromatic rings. The predicted octanol–water partition coefficient (Wildman–Crippen LogP) is 4.03. The van der Waals surface area contributed by atoms with Gasteiger partial charge in [0, 0.05) is 25.7 Å². The molecule has 1 aromatic carbocycles. The first-order valence-electron chi connectivity index (χ1n) is 8.98. The number of benzene rings is 1. The first-order valence-corrected chi connectivity index (χ1v) is 9.80. The molecular formula is C19H19F3N4O2S. The van der Waals surface area contributed by atoms with Gasteiger partial charge in [0.2, 0.25) is 0 Å². The van der Waals surface area contributed by atoms with Gasteiger partial charge in [-0.3, -0.25) is 4.90 Å². The predicted molar refractivity (Wildman–Crippen MR) is 102 cm³/mol. The zero-order chi connectivity index (χ0) is 20.8. The summed E-state index contributed by atoms with van der Waals surface area (Å²) in [5.74, 6) is 0.638. The summed E-state index contributed by atoms with van der Waals surface area (Å²) in [6.45, 7) is 5.18. The Kier molecular flexibility index (Phi) is 5.09. The Morgan fingerprint density at radius 3 is 2.55 bits per heavy atom. The Morgan fingerprint density at radius 1 is 1.21 bits per heavy atom. The van der Waals surface area contributed by atoms with Crippen molar-refractivity contribution >= 4 is 16.5 Å². The van der Waals surface area contributed by atoms with Gasteiger partial charge in [-0.25, -0.2) is 4.98 Å². The van der Waals surface area contributed by atoms with Crippen LogP contribution in [0.15, 0.2) is 34.9 Å². The first-order chi connectivity index (χ1) is 13.7. The molecule has 6 nitrogen and oxygen atoms in total. The lowest BCUT2D eigenvalue weighted by Gasteiger charge is -2.25. The quantitative estimate of drug-likeness (QED) is 0.682. The van der Waals surface area contributed by atoms with Gasteiger partial charge in [-0.2, -0.15) is 13.2 Å². The van der Waals surface area contributed by atoms with Crippen LogP contribution >= 0.6 is 11.3 Å². The highest BCUT2D eigenvalue weighted by atomic mass is 32.1. The van der Waals surface area contributed by atoms with E-state index in [1.807, 2.05) is 19.9 Å². The number of aryl methyl sites for hydroxylation is 2. The van der Waals surface area contributed by atoms with Crippen LogP contribution in [0.2, 0.25) is 0 Å². The maximum atomic E-state index is 12.7. The minimum absolute atomic E-state index is 0.342. The van der Waals surface area contributed by atoms with Gasteiger partial charge in [0.1, 0.15) is 0 Å². The third-order valence-corrected chi connectivity index (χ3v) is 5.99. The average molecular weight is 424 g/mol. The van der Waals surface area contributed by atoms with Gasteiger partial charge in [0.05, 0.1) is 21.8 Å². The number of halogens is 3. The molecule has 0 spiro atoms. The number of aliphatic hydroxyl groups is 1. The van der Waals surface area contributed by atoms with Crippen molar-refractivity contribution in [2.24, 2.45) is 0 Å². The topological polar surface area (TPSA) is 65.6 Å². The second-order valence-electron chi connectivity index (χ2n) is 6.95. The van der Waals surface area contributed by atoms with Gasteiger partial charge in [-0.15, -0.1) is 0 Å². The number of aliphatic hydroxyl groups excluding tert-OH is 1. The lowest BCUT2D eigenvalue weighted by atomic mass is 10.1. The summed E-state index contributed by atoms with van der Waals surface area (Å²) in [7, 11) is 0. The molecule has 1 N–H and O–H groups in total. The molecule has 154 valence electrons. The fraction of sp³-hybridized carbons (Fsp3) is 0.368. The van der Waals surface area contributed by atoms with Crippen molar-refractivity contribution < 1.29 is 22.8 Å². The zero-order valence-corrected chi connectivity index (χ0v) is 16.6. The van der Waals surface area contributed by atoms with Crippen molar-refractivity contribution in [2.45, 2.75) is 32.9 Å². The lowest BCUT2D eigenvalue weighted by Crippen LogP contribution is -2.38. The largest absolute Gasteiger partial charge is 0.416 e. The van der Waals surface area contributed by atoms with E-state index < -0.39 is 18.1 Å². The summed E-state index contributed by atoms with van der Waals surface area (Å²) < 4.78 is 43.4. The Hall–Kier alpha value is -2.43. The van der Waals surface area contributed by atoms with Crippen LogP contribution in [0.3, 0.4) is 0 Å². The van der Waals surface area contributed by atoms with Crippen LogP contribution in [0, 0.1) is 13.8 Å². The molecule has 29 heavy (non-hydrogen) atoms. The van der Waals surface area contributed by atoms with Crippen molar-refractivity contribution in [1.82, 2.24) is 15.0 Å². The van der Waals surface area contributed by atoms with Crippen molar-refractivity contribution in [3.8, 4) is 10.6 Å².